The molecule has 0 unspecified atom stereocenters. The quantitative estimate of drug-likeness (QED) is 0.536. The fourth-order valence-corrected chi connectivity index (χ4v) is 3.38. The molecule has 2 aromatic carbocycles. The number of rotatable bonds is 5. The molecule has 2 heterocycles. The van der Waals surface area contributed by atoms with Gasteiger partial charge < -0.3 is 14.7 Å². The van der Waals surface area contributed by atoms with Crippen molar-refractivity contribution in [2.24, 2.45) is 0 Å². The van der Waals surface area contributed by atoms with Gasteiger partial charge in [0.05, 0.1) is 22.3 Å². The Bertz CT molecular complexity index is 1260. The van der Waals surface area contributed by atoms with Crippen LogP contribution in [0.25, 0.3) is 22.4 Å². The summed E-state index contributed by atoms with van der Waals surface area (Å²) >= 11 is 0. The van der Waals surface area contributed by atoms with Crippen LogP contribution in [0, 0.1) is 6.92 Å². The number of amides is 2. The summed E-state index contributed by atoms with van der Waals surface area (Å²) in [4.78, 5) is 31.3. The molecule has 1 N–H and O–H groups in total. The number of nitrogens with zero attached hydrogens (tertiary/aromatic N) is 3. The average molecular weight is 414 g/mol. The van der Waals surface area contributed by atoms with Crippen LogP contribution in [-0.2, 0) is 6.54 Å². The lowest BCUT2D eigenvalue weighted by Crippen LogP contribution is -2.24. The number of hydrogen-bond donors (Lipinski definition) is 1. The monoisotopic (exact) mass is 414 g/mol. The van der Waals surface area contributed by atoms with Gasteiger partial charge in [-0.25, -0.2) is 4.98 Å². The van der Waals surface area contributed by atoms with E-state index in [0.717, 1.165) is 11.1 Å². The first-order valence-corrected chi connectivity index (χ1v) is 9.85. The Kier molecular flexibility index (Phi) is 5.49. The number of pyridine rings is 1. The highest BCUT2D eigenvalue weighted by molar-refractivity contribution is 6.07. The third kappa shape index (κ3) is 4.16. The molecule has 0 bridgehead atoms. The lowest BCUT2D eigenvalue weighted by Gasteiger charge is -2.12. The Balaban J connectivity index is 1.63. The molecule has 0 aliphatic rings. The molecular weight excluding hydrogens is 392 g/mol. The maximum absolute atomic E-state index is 13.1. The van der Waals surface area contributed by atoms with Crippen molar-refractivity contribution < 1.29 is 14.1 Å². The molecule has 31 heavy (non-hydrogen) atoms. The van der Waals surface area contributed by atoms with E-state index in [4.69, 9.17) is 4.52 Å². The summed E-state index contributed by atoms with van der Waals surface area (Å²) < 4.78 is 5.35. The Hall–Kier alpha value is -4.00. The molecule has 2 aromatic heterocycles. The normalized spacial score (nSPS) is 10.8. The van der Waals surface area contributed by atoms with Crippen LogP contribution in [0.15, 0.2) is 65.2 Å². The zero-order valence-corrected chi connectivity index (χ0v) is 17.5. The van der Waals surface area contributed by atoms with Crippen molar-refractivity contribution in [3.8, 4) is 11.3 Å². The van der Waals surface area contributed by atoms with E-state index in [0.29, 0.717) is 33.6 Å². The molecule has 0 fully saturated rings. The van der Waals surface area contributed by atoms with E-state index in [9.17, 15) is 9.59 Å². The van der Waals surface area contributed by atoms with Crippen molar-refractivity contribution in [3.63, 3.8) is 0 Å². The smallest absolute Gasteiger partial charge is 0.259 e. The minimum Gasteiger partial charge on any atom is -0.348 e. The lowest BCUT2D eigenvalue weighted by atomic mass is 10.0. The molecular formula is C24H22N4O3. The van der Waals surface area contributed by atoms with Gasteiger partial charge >= 0.3 is 0 Å². The van der Waals surface area contributed by atoms with Crippen LogP contribution in [0.1, 0.15) is 32.0 Å². The van der Waals surface area contributed by atoms with Crippen LogP contribution >= 0.6 is 0 Å². The molecule has 0 radical (unpaired) electrons. The third-order valence-corrected chi connectivity index (χ3v) is 4.96. The molecule has 0 atom stereocenters. The van der Waals surface area contributed by atoms with Crippen LogP contribution in [-0.4, -0.2) is 41.0 Å². The fourth-order valence-electron chi connectivity index (χ4n) is 3.38. The number of fused-ring (bicyclic) bond motifs is 1. The molecule has 0 aliphatic heterocycles. The van der Waals surface area contributed by atoms with Gasteiger partial charge in [0.1, 0.15) is 0 Å². The molecule has 2 amide bonds. The number of hydrogen-bond acceptors (Lipinski definition) is 5. The highest BCUT2D eigenvalue weighted by atomic mass is 16.5. The molecule has 7 nitrogen and oxygen atoms in total. The number of aryl methyl sites for hydroxylation is 1. The van der Waals surface area contributed by atoms with Gasteiger partial charge in [-0.15, -0.1) is 0 Å². The maximum atomic E-state index is 13.1. The Morgan fingerprint density at radius 1 is 1.03 bits per heavy atom. The summed E-state index contributed by atoms with van der Waals surface area (Å²) in [5.74, 6) is -0.350. The van der Waals surface area contributed by atoms with Gasteiger partial charge in [-0.1, -0.05) is 47.6 Å². The number of carbonyl (C=O) groups excluding carboxylic acids is 2. The van der Waals surface area contributed by atoms with Crippen LogP contribution in [0.5, 0.6) is 0 Å². The van der Waals surface area contributed by atoms with Crippen molar-refractivity contribution in [3.05, 3.63) is 83.0 Å². The summed E-state index contributed by atoms with van der Waals surface area (Å²) in [6, 6.07) is 18.6. The fraction of sp³-hybridized carbons (Fsp3) is 0.167. The molecule has 0 saturated heterocycles. The van der Waals surface area contributed by atoms with Crippen molar-refractivity contribution in [2.45, 2.75) is 13.5 Å². The minimum atomic E-state index is -0.264. The van der Waals surface area contributed by atoms with Crippen molar-refractivity contribution >= 4 is 22.9 Å². The standard InChI is InChI=1S/C24H22N4O3/c1-15-21-19(13-20(26-23(21)31-27-15)17-9-5-4-6-10-17)22(29)25-14-16-8-7-11-18(12-16)24(30)28(2)3/h4-13H,14H2,1-3H3,(H,25,29). The predicted octanol–water partition coefficient (Wildman–Crippen LogP) is 3.83. The van der Waals surface area contributed by atoms with E-state index in [1.165, 1.54) is 4.90 Å². The second-order valence-electron chi connectivity index (χ2n) is 7.45. The summed E-state index contributed by atoms with van der Waals surface area (Å²) in [6.07, 6.45) is 0. The average Bonchev–Trinajstić information content (AvgIpc) is 3.17. The molecule has 156 valence electrons. The van der Waals surface area contributed by atoms with Crippen molar-refractivity contribution in [1.29, 1.82) is 0 Å². The minimum absolute atomic E-state index is 0.0865. The van der Waals surface area contributed by atoms with E-state index >= 15 is 0 Å². The van der Waals surface area contributed by atoms with E-state index in [-0.39, 0.29) is 18.4 Å². The molecule has 4 aromatic rings. The highest BCUT2D eigenvalue weighted by Crippen LogP contribution is 2.27. The second-order valence-corrected chi connectivity index (χ2v) is 7.45. The van der Waals surface area contributed by atoms with Gasteiger partial charge in [0.25, 0.3) is 17.5 Å². The summed E-state index contributed by atoms with van der Waals surface area (Å²) in [6.45, 7) is 2.06. The van der Waals surface area contributed by atoms with E-state index in [1.54, 1.807) is 45.3 Å². The van der Waals surface area contributed by atoms with Crippen molar-refractivity contribution in [2.75, 3.05) is 14.1 Å². The molecule has 0 aliphatic carbocycles. The Labute approximate surface area is 179 Å². The van der Waals surface area contributed by atoms with Crippen LogP contribution in [0.2, 0.25) is 0 Å². The number of aromatic nitrogens is 2. The summed E-state index contributed by atoms with van der Waals surface area (Å²) in [5.41, 5.74) is 4.29. The zero-order valence-electron chi connectivity index (χ0n) is 17.5. The summed E-state index contributed by atoms with van der Waals surface area (Å²) in [5, 5.41) is 7.51. The van der Waals surface area contributed by atoms with Gasteiger partial charge in [-0.05, 0) is 30.7 Å². The Morgan fingerprint density at radius 3 is 2.55 bits per heavy atom. The summed E-state index contributed by atoms with van der Waals surface area (Å²) in [7, 11) is 3.41. The van der Waals surface area contributed by atoms with Gasteiger partial charge in [-0.2, -0.15) is 0 Å². The molecule has 0 spiro atoms. The lowest BCUT2D eigenvalue weighted by molar-refractivity contribution is 0.0827. The second kappa shape index (κ2) is 8.39. The van der Waals surface area contributed by atoms with Crippen LogP contribution in [0.4, 0.5) is 0 Å². The first-order chi connectivity index (χ1) is 14.9. The van der Waals surface area contributed by atoms with Crippen molar-refractivity contribution in [1.82, 2.24) is 20.4 Å². The van der Waals surface area contributed by atoms with Crippen LogP contribution < -0.4 is 5.32 Å². The van der Waals surface area contributed by atoms with E-state index < -0.39 is 0 Å². The first kappa shape index (κ1) is 20.3. The third-order valence-electron chi connectivity index (χ3n) is 4.96. The highest BCUT2D eigenvalue weighted by Gasteiger charge is 2.19. The SMILES string of the molecule is Cc1noc2nc(-c3ccccc3)cc(C(=O)NCc3cccc(C(=O)N(C)C)c3)c12. The zero-order chi connectivity index (χ0) is 22.0. The molecule has 4 rings (SSSR count). The predicted molar refractivity (Wildman–Crippen MR) is 118 cm³/mol. The van der Waals surface area contributed by atoms with Gasteiger partial charge in [-0.3, -0.25) is 9.59 Å². The van der Waals surface area contributed by atoms with E-state index in [2.05, 4.69) is 15.5 Å². The molecule has 7 heteroatoms. The largest absolute Gasteiger partial charge is 0.348 e. The number of nitrogens with one attached hydrogen (secondary N) is 1. The molecule has 0 saturated carbocycles. The van der Waals surface area contributed by atoms with Gasteiger partial charge in [0, 0.05) is 31.8 Å². The van der Waals surface area contributed by atoms with Gasteiger partial charge in [0.15, 0.2) is 0 Å². The first-order valence-electron chi connectivity index (χ1n) is 9.85. The number of benzene rings is 2. The topological polar surface area (TPSA) is 88.3 Å². The number of carbonyl (C=O) groups is 2. The van der Waals surface area contributed by atoms with Crippen LogP contribution in [0.3, 0.4) is 0 Å². The maximum Gasteiger partial charge on any atom is 0.259 e. The van der Waals surface area contributed by atoms with Gasteiger partial charge in [0.2, 0.25) is 0 Å². The Morgan fingerprint density at radius 2 is 1.81 bits per heavy atom. The van der Waals surface area contributed by atoms with E-state index in [1.807, 2.05) is 36.4 Å².